The Morgan fingerprint density at radius 3 is 1.87 bits per heavy atom. The zero-order valence-electron chi connectivity index (χ0n) is 17.0. The lowest BCUT2D eigenvalue weighted by atomic mass is 10.1. The van der Waals surface area contributed by atoms with Gasteiger partial charge in [0.25, 0.3) is 0 Å². The third kappa shape index (κ3) is 5.34. The SMILES string of the molecule is COC(=O)c1ccc(C)c(NCC(=O)Nc2cc(C(=O)OC)ccc2C(=O)OC)c1. The highest BCUT2D eigenvalue weighted by atomic mass is 16.5. The Bertz CT molecular complexity index is 985. The molecule has 0 aromatic heterocycles. The minimum Gasteiger partial charge on any atom is -0.465 e. The van der Waals surface area contributed by atoms with Gasteiger partial charge in [0.2, 0.25) is 5.91 Å². The fraction of sp³-hybridized carbons (Fsp3) is 0.238. The molecule has 0 spiro atoms. The van der Waals surface area contributed by atoms with Crippen LogP contribution in [0.3, 0.4) is 0 Å². The number of carbonyl (C=O) groups is 4. The van der Waals surface area contributed by atoms with E-state index in [-0.39, 0.29) is 23.4 Å². The third-order valence-corrected chi connectivity index (χ3v) is 4.22. The van der Waals surface area contributed by atoms with Crippen LogP contribution in [0.25, 0.3) is 0 Å². The van der Waals surface area contributed by atoms with E-state index in [4.69, 9.17) is 9.47 Å². The van der Waals surface area contributed by atoms with Gasteiger partial charge in [-0.2, -0.15) is 0 Å². The minimum absolute atomic E-state index is 0.0855. The third-order valence-electron chi connectivity index (χ3n) is 4.22. The molecule has 0 fully saturated rings. The molecule has 0 heterocycles. The molecule has 0 unspecified atom stereocenters. The number of aryl methyl sites for hydroxylation is 1. The van der Waals surface area contributed by atoms with Crippen LogP contribution >= 0.6 is 0 Å². The maximum Gasteiger partial charge on any atom is 0.339 e. The van der Waals surface area contributed by atoms with Crippen LogP contribution in [-0.4, -0.2) is 51.7 Å². The Hall–Kier alpha value is -3.88. The number of esters is 3. The van der Waals surface area contributed by atoms with E-state index in [1.54, 1.807) is 18.2 Å². The Balaban J connectivity index is 2.19. The standard InChI is InChI=1S/C21H22N2O7/c1-12-5-6-13(19(25)28-2)9-16(12)22-11-18(24)23-17-10-14(20(26)29-3)7-8-15(17)21(27)30-4/h5-10,22H,11H2,1-4H3,(H,23,24). The van der Waals surface area contributed by atoms with Gasteiger partial charge in [0, 0.05) is 5.69 Å². The Labute approximate surface area is 173 Å². The van der Waals surface area contributed by atoms with Crippen molar-refractivity contribution in [3.05, 3.63) is 58.7 Å². The summed E-state index contributed by atoms with van der Waals surface area (Å²) in [6.45, 7) is 1.66. The molecule has 0 aliphatic rings. The van der Waals surface area contributed by atoms with Gasteiger partial charge in [-0.15, -0.1) is 0 Å². The van der Waals surface area contributed by atoms with Crippen molar-refractivity contribution in [3.8, 4) is 0 Å². The Morgan fingerprint density at radius 2 is 1.30 bits per heavy atom. The number of nitrogens with one attached hydrogen (secondary N) is 2. The van der Waals surface area contributed by atoms with E-state index in [9.17, 15) is 19.2 Å². The molecular weight excluding hydrogens is 392 g/mol. The topological polar surface area (TPSA) is 120 Å². The van der Waals surface area contributed by atoms with Crippen LogP contribution in [-0.2, 0) is 19.0 Å². The zero-order chi connectivity index (χ0) is 22.3. The monoisotopic (exact) mass is 414 g/mol. The number of anilines is 2. The smallest absolute Gasteiger partial charge is 0.339 e. The number of carbonyl (C=O) groups excluding carboxylic acids is 4. The highest BCUT2D eigenvalue weighted by Crippen LogP contribution is 2.21. The van der Waals surface area contributed by atoms with Crippen molar-refractivity contribution < 1.29 is 33.4 Å². The van der Waals surface area contributed by atoms with Crippen molar-refractivity contribution in [2.45, 2.75) is 6.92 Å². The summed E-state index contributed by atoms with van der Waals surface area (Å²) < 4.78 is 14.1. The summed E-state index contributed by atoms with van der Waals surface area (Å²) in [5.74, 6) is -2.26. The number of ether oxygens (including phenoxy) is 3. The van der Waals surface area contributed by atoms with E-state index < -0.39 is 23.8 Å². The number of rotatable bonds is 7. The zero-order valence-corrected chi connectivity index (χ0v) is 17.0. The lowest BCUT2D eigenvalue weighted by Gasteiger charge is -2.13. The first-order valence-corrected chi connectivity index (χ1v) is 8.84. The first-order valence-electron chi connectivity index (χ1n) is 8.84. The highest BCUT2D eigenvalue weighted by molar-refractivity contribution is 6.04. The predicted molar refractivity (Wildman–Crippen MR) is 109 cm³/mol. The molecule has 1 amide bonds. The van der Waals surface area contributed by atoms with Gasteiger partial charge in [-0.25, -0.2) is 14.4 Å². The lowest BCUT2D eigenvalue weighted by Crippen LogP contribution is -2.24. The van der Waals surface area contributed by atoms with Crippen LogP contribution in [0, 0.1) is 6.92 Å². The van der Waals surface area contributed by atoms with E-state index in [0.717, 1.165) is 5.56 Å². The molecule has 2 aromatic rings. The number of methoxy groups -OCH3 is 3. The van der Waals surface area contributed by atoms with Crippen molar-refractivity contribution in [2.24, 2.45) is 0 Å². The van der Waals surface area contributed by atoms with Crippen LogP contribution in [0.5, 0.6) is 0 Å². The summed E-state index contributed by atoms with van der Waals surface area (Å²) in [6.07, 6.45) is 0. The van der Waals surface area contributed by atoms with E-state index in [1.165, 1.54) is 39.5 Å². The average molecular weight is 414 g/mol. The lowest BCUT2D eigenvalue weighted by molar-refractivity contribution is -0.114. The van der Waals surface area contributed by atoms with Gasteiger partial charge in [-0.05, 0) is 42.8 Å². The molecule has 0 saturated heterocycles. The summed E-state index contributed by atoms with van der Waals surface area (Å²) in [5.41, 5.74) is 2.08. The average Bonchev–Trinajstić information content (AvgIpc) is 2.76. The number of benzene rings is 2. The molecule has 2 N–H and O–H groups in total. The second-order valence-corrected chi connectivity index (χ2v) is 6.17. The largest absolute Gasteiger partial charge is 0.465 e. The molecule has 2 rings (SSSR count). The van der Waals surface area contributed by atoms with E-state index in [2.05, 4.69) is 15.4 Å². The van der Waals surface area contributed by atoms with Crippen LogP contribution in [0.15, 0.2) is 36.4 Å². The Kier molecular flexibility index (Phi) is 7.51. The van der Waals surface area contributed by atoms with E-state index in [1.807, 2.05) is 6.92 Å². The summed E-state index contributed by atoms with van der Waals surface area (Å²) in [5, 5.41) is 5.52. The summed E-state index contributed by atoms with van der Waals surface area (Å²) in [6, 6.07) is 9.01. The maximum atomic E-state index is 12.5. The molecule has 2 aromatic carbocycles. The quantitative estimate of drug-likeness (QED) is 0.524. The van der Waals surface area contributed by atoms with Gasteiger partial charge in [0.1, 0.15) is 0 Å². The molecule has 0 radical (unpaired) electrons. The molecule has 0 atom stereocenters. The molecule has 30 heavy (non-hydrogen) atoms. The van der Waals surface area contributed by atoms with Crippen molar-refractivity contribution in [3.63, 3.8) is 0 Å². The van der Waals surface area contributed by atoms with E-state index in [0.29, 0.717) is 11.3 Å². The molecule has 0 saturated carbocycles. The molecule has 0 bridgehead atoms. The van der Waals surface area contributed by atoms with Gasteiger partial charge >= 0.3 is 17.9 Å². The second kappa shape index (κ2) is 10.1. The van der Waals surface area contributed by atoms with Crippen molar-refractivity contribution >= 4 is 35.2 Å². The molecule has 9 heteroatoms. The van der Waals surface area contributed by atoms with Crippen LogP contribution in [0.4, 0.5) is 11.4 Å². The first-order chi connectivity index (χ1) is 14.3. The van der Waals surface area contributed by atoms with E-state index >= 15 is 0 Å². The van der Waals surface area contributed by atoms with Gasteiger partial charge in [0.15, 0.2) is 0 Å². The van der Waals surface area contributed by atoms with Crippen LogP contribution in [0.2, 0.25) is 0 Å². The molecule has 158 valence electrons. The summed E-state index contributed by atoms with van der Waals surface area (Å²) in [4.78, 5) is 47.9. The Morgan fingerprint density at radius 1 is 0.767 bits per heavy atom. The number of amides is 1. The normalized spacial score (nSPS) is 10.0. The number of hydrogen-bond acceptors (Lipinski definition) is 8. The molecule has 9 nitrogen and oxygen atoms in total. The van der Waals surface area contributed by atoms with Gasteiger partial charge in [-0.3, -0.25) is 4.79 Å². The van der Waals surface area contributed by atoms with Crippen molar-refractivity contribution in [2.75, 3.05) is 38.5 Å². The second-order valence-electron chi connectivity index (χ2n) is 6.17. The fourth-order valence-corrected chi connectivity index (χ4v) is 2.61. The van der Waals surface area contributed by atoms with Crippen molar-refractivity contribution in [1.29, 1.82) is 0 Å². The van der Waals surface area contributed by atoms with Crippen LogP contribution in [0.1, 0.15) is 36.6 Å². The predicted octanol–water partition coefficient (Wildman–Crippen LogP) is 2.41. The van der Waals surface area contributed by atoms with Gasteiger partial charge in [-0.1, -0.05) is 6.07 Å². The minimum atomic E-state index is -0.670. The van der Waals surface area contributed by atoms with Gasteiger partial charge in [0.05, 0.1) is 50.3 Å². The molecule has 0 aliphatic heterocycles. The molecular formula is C21H22N2O7. The first kappa shape index (κ1) is 22.4. The summed E-state index contributed by atoms with van der Waals surface area (Å²) >= 11 is 0. The molecule has 0 aliphatic carbocycles. The van der Waals surface area contributed by atoms with Crippen LogP contribution < -0.4 is 10.6 Å². The van der Waals surface area contributed by atoms with Crippen molar-refractivity contribution in [1.82, 2.24) is 0 Å². The van der Waals surface area contributed by atoms with Gasteiger partial charge < -0.3 is 24.8 Å². The summed E-state index contributed by atoms with van der Waals surface area (Å²) in [7, 11) is 3.72. The highest BCUT2D eigenvalue weighted by Gasteiger charge is 2.17. The number of hydrogen-bond donors (Lipinski definition) is 2. The fourth-order valence-electron chi connectivity index (χ4n) is 2.61. The maximum absolute atomic E-state index is 12.5.